The maximum Gasteiger partial charge on any atom is 0.339 e. The Kier molecular flexibility index (Phi) is 5.30. The van der Waals surface area contributed by atoms with Gasteiger partial charge in [0.05, 0.1) is 41.3 Å². The predicted octanol–water partition coefficient (Wildman–Crippen LogP) is 1.39. The van der Waals surface area contributed by atoms with Crippen molar-refractivity contribution >= 4 is 47.0 Å². The minimum atomic E-state index is -1.66. The molecule has 32 heavy (non-hydrogen) atoms. The van der Waals surface area contributed by atoms with Gasteiger partial charge >= 0.3 is 17.9 Å². The van der Waals surface area contributed by atoms with Crippen LogP contribution in [0.4, 0.5) is 5.69 Å². The van der Waals surface area contributed by atoms with Crippen molar-refractivity contribution in [1.82, 2.24) is 0 Å². The summed E-state index contributed by atoms with van der Waals surface area (Å²) < 4.78 is 20.9. The average Bonchev–Trinajstić information content (AvgIpc) is 3.38. The molecule has 168 valence electrons. The zero-order chi connectivity index (χ0) is 23.4. The van der Waals surface area contributed by atoms with E-state index < -0.39 is 59.6 Å². The van der Waals surface area contributed by atoms with E-state index in [9.17, 15) is 24.0 Å². The largest absolute Gasteiger partial charge is 0.465 e. The molecule has 11 heteroatoms. The summed E-state index contributed by atoms with van der Waals surface area (Å²) in [7, 11) is 1.18. The van der Waals surface area contributed by atoms with E-state index in [1.54, 1.807) is 6.08 Å². The summed E-state index contributed by atoms with van der Waals surface area (Å²) in [5, 5.41) is 0.0891. The zero-order valence-corrected chi connectivity index (χ0v) is 18.0. The molecule has 3 heterocycles. The van der Waals surface area contributed by atoms with Gasteiger partial charge in [-0.1, -0.05) is 17.7 Å². The van der Waals surface area contributed by atoms with E-state index in [4.69, 9.17) is 25.8 Å². The molecule has 0 saturated carbocycles. The second kappa shape index (κ2) is 7.72. The van der Waals surface area contributed by atoms with Crippen LogP contribution in [0.3, 0.4) is 0 Å². The summed E-state index contributed by atoms with van der Waals surface area (Å²) in [5.74, 6) is -5.54. The molecule has 4 rings (SSSR count). The molecular weight excluding hydrogens is 446 g/mol. The van der Waals surface area contributed by atoms with Gasteiger partial charge in [-0.05, 0) is 24.3 Å². The lowest BCUT2D eigenvalue weighted by Gasteiger charge is -2.34. The van der Waals surface area contributed by atoms with E-state index in [2.05, 4.69) is 4.74 Å². The Labute approximate surface area is 187 Å². The maximum atomic E-state index is 13.5. The number of methoxy groups -OCH3 is 1. The van der Waals surface area contributed by atoms with Crippen LogP contribution in [-0.4, -0.2) is 54.8 Å². The predicted molar refractivity (Wildman–Crippen MR) is 106 cm³/mol. The molecule has 2 saturated heterocycles. The monoisotopic (exact) mass is 463 g/mol. The van der Waals surface area contributed by atoms with Gasteiger partial charge in [-0.15, -0.1) is 0 Å². The zero-order valence-electron chi connectivity index (χ0n) is 17.2. The average molecular weight is 464 g/mol. The number of nitrogens with zero attached hydrogens (tertiary/aromatic N) is 1. The van der Waals surface area contributed by atoms with Crippen LogP contribution in [0, 0.1) is 11.8 Å². The molecule has 2 fully saturated rings. The van der Waals surface area contributed by atoms with Gasteiger partial charge in [0.25, 0.3) is 6.29 Å². The van der Waals surface area contributed by atoms with Crippen molar-refractivity contribution in [3.63, 3.8) is 0 Å². The van der Waals surface area contributed by atoms with E-state index >= 15 is 0 Å². The van der Waals surface area contributed by atoms with E-state index in [0.29, 0.717) is 0 Å². The van der Waals surface area contributed by atoms with Gasteiger partial charge in [-0.25, -0.2) is 9.69 Å². The van der Waals surface area contributed by atoms with Gasteiger partial charge in [0.1, 0.15) is 0 Å². The number of benzene rings is 1. The number of ether oxygens (including phenoxy) is 4. The highest BCUT2D eigenvalue weighted by Gasteiger charge is 2.72. The highest BCUT2D eigenvalue weighted by atomic mass is 35.5. The lowest BCUT2D eigenvalue weighted by molar-refractivity contribution is -0.226. The van der Waals surface area contributed by atoms with Gasteiger partial charge < -0.3 is 18.9 Å². The van der Waals surface area contributed by atoms with Crippen LogP contribution in [0.25, 0.3) is 0 Å². The molecule has 2 bridgehead atoms. The summed E-state index contributed by atoms with van der Waals surface area (Å²) in [5.41, 5.74) is -1.56. The number of carbonyl (C=O) groups excluding carboxylic acids is 5. The number of halogens is 1. The highest BCUT2D eigenvalue weighted by Crippen LogP contribution is 2.54. The van der Waals surface area contributed by atoms with Crippen molar-refractivity contribution in [2.45, 2.75) is 31.8 Å². The molecular formula is C21H18ClNO9. The first-order valence-corrected chi connectivity index (χ1v) is 9.95. The molecule has 3 aliphatic heterocycles. The van der Waals surface area contributed by atoms with Crippen LogP contribution >= 0.6 is 11.6 Å². The number of amides is 2. The molecule has 0 aromatic heterocycles. The third-order valence-electron chi connectivity index (χ3n) is 5.61. The minimum Gasteiger partial charge on any atom is -0.465 e. The van der Waals surface area contributed by atoms with Crippen LogP contribution in [0.2, 0.25) is 5.02 Å². The Bertz CT molecular complexity index is 1070. The van der Waals surface area contributed by atoms with Crippen LogP contribution in [0.15, 0.2) is 30.4 Å². The number of hydrogen-bond donors (Lipinski definition) is 0. The summed E-state index contributed by atoms with van der Waals surface area (Å²) in [6, 6.07) is 4.07. The Hall–Kier alpha value is -3.24. The van der Waals surface area contributed by atoms with Crippen molar-refractivity contribution in [3.8, 4) is 0 Å². The molecule has 4 atom stereocenters. The quantitative estimate of drug-likeness (QED) is 0.275. The number of hydrogen-bond acceptors (Lipinski definition) is 9. The van der Waals surface area contributed by atoms with Crippen molar-refractivity contribution in [2.75, 3.05) is 12.0 Å². The third-order valence-corrected chi connectivity index (χ3v) is 5.94. The van der Waals surface area contributed by atoms with Crippen molar-refractivity contribution in [2.24, 2.45) is 11.8 Å². The van der Waals surface area contributed by atoms with E-state index in [1.807, 2.05) is 0 Å². The molecule has 4 unspecified atom stereocenters. The number of fused-ring (bicyclic) bond motifs is 5. The maximum absolute atomic E-state index is 13.5. The third kappa shape index (κ3) is 3.18. The van der Waals surface area contributed by atoms with Crippen LogP contribution in [0.1, 0.15) is 24.2 Å². The first kappa shape index (κ1) is 22.0. The molecule has 3 aliphatic rings. The number of esters is 3. The highest BCUT2D eigenvalue weighted by molar-refractivity contribution is 6.34. The second-order valence-corrected chi connectivity index (χ2v) is 7.92. The van der Waals surface area contributed by atoms with E-state index in [1.165, 1.54) is 31.4 Å². The normalized spacial score (nSPS) is 27.7. The fourth-order valence-corrected chi connectivity index (χ4v) is 4.58. The van der Waals surface area contributed by atoms with Gasteiger partial charge in [0.2, 0.25) is 11.8 Å². The Morgan fingerprint density at radius 1 is 1.12 bits per heavy atom. The SMILES string of the molecule is COC(=O)c1cc(N2C(=O)C3C4C=CC(C(OC(C)=O)OC(C)=O)(O4)C3C2=O)ccc1Cl. The number of carbonyl (C=O) groups is 5. The summed E-state index contributed by atoms with van der Waals surface area (Å²) in [6.07, 6.45) is 0.687. The summed E-state index contributed by atoms with van der Waals surface area (Å²) in [4.78, 5) is 62.9. The van der Waals surface area contributed by atoms with Crippen molar-refractivity contribution in [1.29, 1.82) is 0 Å². The second-order valence-electron chi connectivity index (χ2n) is 7.52. The van der Waals surface area contributed by atoms with Gasteiger partial charge in [-0.3, -0.25) is 19.2 Å². The first-order chi connectivity index (χ1) is 15.1. The van der Waals surface area contributed by atoms with Crippen molar-refractivity contribution < 1.29 is 42.9 Å². The van der Waals surface area contributed by atoms with E-state index in [-0.39, 0.29) is 16.3 Å². The standard InChI is InChI=1S/C21H18ClNO9/c1-9(24)30-20(31-10(2)25)21-7-6-14(32-21)15-16(21)18(27)23(17(15)26)11-4-5-13(22)12(8-11)19(28)29-3/h4-8,14-16,20H,1-3H3. The fraction of sp³-hybridized carbons (Fsp3) is 0.381. The molecule has 0 radical (unpaired) electrons. The Balaban J connectivity index is 1.75. The minimum absolute atomic E-state index is 0.0194. The summed E-state index contributed by atoms with van der Waals surface area (Å²) >= 11 is 6.05. The number of imide groups is 1. The van der Waals surface area contributed by atoms with Crippen LogP contribution < -0.4 is 4.90 Å². The molecule has 0 N–H and O–H groups in total. The van der Waals surface area contributed by atoms with Gasteiger partial charge in [0, 0.05) is 13.8 Å². The lowest BCUT2D eigenvalue weighted by Crippen LogP contribution is -2.52. The Morgan fingerprint density at radius 2 is 1.78 bits per heavy atom. The number of rotatable bonds is 5. The van der Waals surface area contributed by atoms with Crippen LogP contribution in [-0.2, 0) is 38.1 Å². The smallest absolute Gasteiger partial charge is 0.339 e. The topological polar surface area (TPSA) is 126 Å². The van der Waals surface area contributed by atoms with Gasteiger partial charge in [0.15, 0.2) is 5.60 Å². The first-order valence-electron chi connectivity index (χ1n) is 9.58. The Morgan fingerprint density at radius 3 is 2.38 bits per heavy atom. The number of anilines is 1. The van der Waals surface area contributed by atoms with Crippen LogP contribution in [0.5, 0.6) is 0 Å². The molecule has 0 spiro atoms. The van der Waals surface area contributed by atoms with Crippen molar-refractivity contribution in [3.05, 3.63) is 40.9 Å². The molecule has 0 aliphatic carbocycles. The molecule has 1 aromatic carbocycles. The fourth-order valence-electron chi connectivity index (χ4n) is 4.39. The lowest BCUT2D eigenvalue weighted by atomic mass is 9.76. The van der Waals surface area contributed by atoms with E-state index in [0.717, 1.165) is 18.7 Å². The molecule has 10 nitrogen and oxygen atoms in total. The molecule has 1 aromatic rings. The molecule has 2 amide bonds. The van der Waals surface area contributed by atoms with Gasteiger partial charge in [-0.2, -0.15) is 0 Å². The summed E-state index contributed by atoms with van der Waals surface area (Å²) in [6.45, 7) is 2.23.